The molecule has 3 rings (SSSR count). The van der Waals surface area contributed by atoms with E-state index in [-0.39, 0.29) is 6.01 Å². The summed E-state index contributed by atoms with van der Waals surface area (Å²) in [5.74, 6) is 1.85. The van der Waals surface area contributed by atoms with Crippen molar-refractivity contribution in [1.29, 1.82) is 0 Å². The van der Waals surface area contributed by atoms with E-state index in [0.29, 0.717) is 18.0 Å². The summed E-state index contributed by atoms with van der Waals surface area (Å²) in [4.78, 5) is 12.4. The lowest BCUT2D eigenvalue weighted by Gasteiger charge is -2.09. The molecule has 0 aliphatic heterocycles. The van der Waals surface area contributed by atoms with E-state index in [4.69, 9.17) is 15.2 Å². The van der Waals surface area contributed by atoms with Crippen molar-refractivity contribution in [3.05, 3.63) is 65.6 Å². The van der Waals surface area contributed by atoms with Gasteiger partial charge in [0, 0.05) is 24.4 Å². The maximum absolute atomic E-state index is 5.98. The third-order valence-electron chi connectivity index (χ3n) is 3.50. The molecule has 0 saturated heterocycles. The van der Waals surface area contributed by atoms with Crippen LogP contribution < -0.4 is 15.2 Å². The predicted octanol–water partition coefficient (Wildman–Crippen LogP) is 3.15. The summed E-state index contributed by atoms with van der Waals surface area (Å²) >= 11 is 0. The number of nitrogens with two attached hydrogens (primary N) is 1. The van der Waals surface area contributed by atoms with Gasteiger partial charge >= 0.3 is 6.01 Å². The first-order valence-electron chi connectivity index (χ1n) is 7.48. The van der Waals surface area contributed by atoms with Crippen LogP contribution in [0.15, 0.2) is 48.9 Å². The molecular formula is C18H18N4O2. The molecule has 0 radical (unpaired) electrons. The SMILES string of the molecule is COc1ccc(Cc2cc(Oc3ncc(C)cn3)cnc2N)cc1. The Morgan fingerprint density at radius 1 is 0.958 bits per heavy atom. The summed E-state index contributed by atoms with van der Waals surface area (Å²) < 4.78 is 10.8. The predicted molar refractivity (Wildman–Crippen MR) is 91.3 cm³/mol. The number of hydrogen-bond acceptors (Lipinski definition) is 6. The summed E-state index contributed by atoms with van der Waals surface area (Å²) in [5.41, 5.74) is 8.94. The van der Waals surface area contributed by atoms with Crippen LogP contribution in [0.1, 0.15) is 16.7 Å². The summed E-state index contributed by atoms with van der Waals surface area (Å²) in [6, 6.07) is 9.96. The quantitative estimate of drug-likeness (QED) is 0.777. The summed E-state index contributed by atoms with van der Waals surface area (Å²) in [5, 5.41) is 0. The molecule has 0 fully saturated rings. The van der Waals surface area contributed by atoms with Crippen molar-refractivity contribution in [1.82, 2.24) is 15.0 Å². The molecule has 0 spiro atoms. The second-order valence-corrected chi connectivity index (χ2v) is 5.39. The molecule has 0 atom stereocenters. The van der Waals surface area contributed by atoms with Gasteiger partial charge in [0.25, 0.3) is 0 Å². The van der Waals surface area contributed by atoms with E-state index in [9.17, 15) is 0 Å². The van der Waals surface area contributed by atoms with Crippen LogP contribution in [0.5, 0.6) is 17.5 Å². The Morgan fingerprint density at radius 2 is 1.67 bits per heavy atom. The summed E-state index contributed by atoms with van der Waals surface area (Å²) in [6.45, 7) is 1.92. The molecule has 1 aromatic carbocycles. The minimum absolute atomic E-state index is 0.280. The van der Waals surface area contributed by atoms with Gasteiger partial charge in [-0.3, -0.25) is 0 Å². The Morgan fingerprint density at radius 3 is 2.33 bits per heavy atom. The topological polar surface area (TPSA) is 83.2 Å². The Bertz CT molecular complexity index is 817. The van der Waals surface area contributed by atoms with Crippen LogP contribution in [-0.2, 0) is 6.42 Å². The molecule has 6 nitrogen and oxygen atoms in total. The Kier molecular flexibility index (Phi) is 4.56. The first-order chi connectivity index (χ1) is 11.6. The number of aromatic nitrogens is 3. The number of pyridine rings is 1. The molecule has 0 saturated carbocycles. The Labute approximate surface area is 140 Å². The number of nitrogens with zero attached hydrogens (tertiary/aromatic N) is 3. The van der Waals surface area contributed by atoms with Gasteiger partial charge in [0.2, 0.25) is 0 Å². The minimum Gasteiger partial charge on any atom is -0.497 e. The lowest BCUT2D eigenvalue weighted by molar-refractivity contribution is 0.414. The summed E-state index contributed by atoms with van der Waals surface area (Å²) in [6.07, 6.45) is 5.61. The molecule has 24 heavy (non-hydrogen) atoms. The lowest BCUT2D eigenvalue weighted by Crippen LogP contribution is -2.00. The largest absolute Gasteiger partial charge is 0.497 e. The molecule has 0 bridgehead atoms. The fourth-order valence-electron chi connectivity index (χ4n) is 2.20. The molecule has 0 unspecified atom stereocenters. The number of ether oxygens (including phenoxy) is 2. The number of rotatable bonds is 5. The molecule has 0 aliphatic carbocycles. The number of methoxy groups -OCH3 is 1. The van der Waals surface area contributed by atoms with Gasteiger partial charge in [-0.1, -0.05) is 12.1 Å². The zero-order chi connectivity index (χ0) is 16.9. The van der Waals surface area contributed by atoms with E-state index in [1.807, 2.05) is 37.3 Å². The van der Waals surface area contributed by atoms with Gasteiger partial charge < -0.3 is 15.2 Å². The molecule has 0 aliphatic rings. The first-order valence-corrected chi connectivity index (χ1v) is 7.48. The average Bonchev–Trinajstić information content (AvgIpc) is 2.60. The molecule has 0 amide bonds. The fraction of sp³-hybridized carbons (Fsp3) is 0.167. The highest BCUT2D eigenvalue weighted by Gasteiger charge is 2.07. The smallest absolute Gasteiger partial charge is 0.321 e. The first kappa shape index (κ1) is 15.7. The van der Waals surface area contributed by atoms with Crippen LogP contribution in [0, 0.1) is 6.92 Å². The standard InChI is InChI=1S/C18H18N4O2/c1-12-9-21-18(22-10-12)24-16-8-14(17(19)20-11-16)7-13-3-5-15(23-2)6-4-13/h3-6,8-11H,7H2,1-2H3,(H2,19,20). The highest BCUT2D eigenvalue weighted by Crippen LogP contribution is 2.23. The van der Waals surface area contributed by atoms with Crippen molar-refractivity contribution in [2.24, 2.45) is 0 Å². The van der Waals surface area contributed by atoms with Crippen molar-refractivity contribution < 1.29 is 9.47 Å². The molecule has 122 valence electrons. The third kappa shape index (κ3) is 3.78. The Hall–Kier alpha value is -3.15. The van der Waals surface area contributed by atoms with Gasteiger partial charge in [-0.05, 0) is 36.2 Å². The van der Waals surface area contributed by atoms with E-state index < -0.39 is 0 Å². The average molecular weight is 322 g/mol. The number of aryl methyl sites for hydroxylation is 1. The molecule has 6 heteroatoms. The molecule has 2 aromatic heterocycles. The Balaban J connectivity index is 1.78. The monoisotopic (exact) mass is 322 g/mol. The molecule has 2 N–H and O–H groups in total. The van der Waals surface area contributed by atoms with Gasteiger partial charge in [0.15, 0.2) is 0 Å². The van der Waals surface area contributed by atoms with E-state index >= 15 is 0 Å². The molecule has 3 aromatic rings. The van der Waals surface area contributed by atoms with Crippen molar-refractivity contribution in [3.8, 4) is 17.5 Å². The van der Waals surface area contributed by atoms with Crippen molar-refractivity contribution in [3.63, 3.8) is 0 Å². The normalized spacial score (nSPS) is 10.4. The minimum atomic E-state index is 0.280. The van der Waals surface area contributed by atoms with Crippen LogP contribution in [0.3, 0.4) is 0 Å². The van der Waals surface area contributed by atoms with Crippen molar-refractivity contribution in [2.75, 3.05) is 12.8 Å². The maximum atomic E-state index is 5.98. The summed E-state index contributed by atoms with van der Waals surface area (Å²) in [7, 11) is 1.64. The molecular weight excluding hydrogens is 304 g/mol. The van der Waals surface area contributed by atoms with Crippen LogP contribution in [-0.4, -0.2) is 22.1 Å². The zero-order valence-electron chi connectivity index (χ0n) is 13.6. The number of benzene rings is 1. The van der Waals surface area contributed by atoms with Gasteiger partial charge in [-0.15, -0.1) is 0 Å². The van der Waals surface area contributed by atoms with Crippen LogP contribution in [0.25, 0.3) is 0 Å². The maximum Gasteiger partial charge on any atom is 0.321 e. The van der Waals surface area contributed by atoms with Crippen LogP contribution >= 0.6 is 0 Å². The second kappa shape index (κ2) is 6.95. The van der Waals surface area contributed by atoms with E-state index in [1.165, 1.54) is 0 Å². The molecule has 2 heterocycles. The highest BCUT2D eigenvalue weighted by molar-refractivity contribution is 5.46. The van der Waals surface area contributed by atoms with Gasteiger partial charge in [0.1, 0.15) is 17.3 Å². The zero-order valence-corrected chi connectivity index (χ0v) is 13.6. The van der Waals surface area contributed by atoms with E-state index in [0.717, 1.165) is 22.4 Å². The number of anilines is 1. The highest BCUT2D eigenvalue weighted by atomic mass is 16.5. The fourth-order valence-corrected chi connectivity index (χ4v) is 2.20. The van der Waals surface area contributed by atoms with E-state index in [1.54, 1.807) is 25.7 Å². The second-order valence-electron chi connectivity index (χ2n) is 5.39. The van der Waals surface area contributed by atoms with Gasteiger partial charge in [-0.2, -0.15) is 0 Å². The van der Waals surface area contributed by atoms with Crippen molar-refractivity contribution >= 4 is 5.82 Å². The lowest BCUT2D eigenvalue weighted by atomic mass is 10.1. The van der Waals surface area contributed by atoms with Crippen LogP contribution in [0.2, 0.25) is 0 Å². The van der Waals surface area contributed by atoms with Crippen molar-refractivity contribution in [2.45, 2.75) is 13.3 Å². The number of hydrogen-bond donors (Lipinski definition) is 1. The van der Waals surface area contributed by atoms with Crippen LogP contribution in [0.4, 0.5) is 5.82 Å². The number of nitrogen functional groups attached to an aromatic ring is 1. The van der Waals surface area contributed by atoms with E-state index in [2.05, 4.69) is 15.0 Å². The van der Waals surface area contributed by atoms with Gasteiger partial charge in [-0.25, -0.2) is 15.0 Å². The van der Waals surface area contributed by atoms with Gasteiger partial charge in [0.05, 0.1) is 13.3 Å². The third-order valence-corrected chi connectivity index (χ3v) is 3.50.